The van der Waals surface area contributed by atoms with Crippen molar-refractivity contribution in [3.63, 3.8) is 0 Å². The molecular formula is C16H23NO3. The molecule has 0 atom stereocenters. The van der Waals surface area contributed by atoms with Crippen LogP contribution in [-0.2, 0) is 11.3 Å². The van der Waals surface area contributed by atoms with Gasteiger partial charge in [-0.15, -0.1) is 0 Å². The monoisotopic (exact) mass is 277 g/mol. The minimum atomic E-state index is -0.295. The van der Waals surface area contributed by atoms with E-state index in [9.17, 15) is 9.90 Å². The highest BCUT2D eigenvalue weighted by molar-refractivity contribution is 5.90. The van der Waals surface area contributed by atoms with Crippen LogP contribution < -0.4 is 0 Å². The molecular weight excluding hydrogens is 254 g/mol. The Kier molecular flexibility index (Phi) is 5.56. The fraction of sp³-hybridized carbons (Fsp3) is 0.562. The molecule has 0 heterocycles. The van der Waals surface area contributed by atoms with Gasteiger partial charge in [0.1, 0.15) is 0 Å². The molecule has 0 unspecified atom stereocenters. The molecule has 0 aromatic heterocycles. The number of methoxy groups -OCH3 is 1. The number of aliphatic hydroxyl groups excluding tert-OH is 1. The van der Waals surface area contributed by atoms with Crippen molar-refractivity contribution in [2.75, 3.05) is 20.3 Å². The third-order valence-electron chi connectivity index (χ3n) is 4.02. The van der Waals surface area contributed by atoms with Crippen molar-refractivity contribution in [2.24, 2.45) is 0 Å². The Morgan fingerprint density at radius 3 is 2.70 bits per heavy atom. The summed E-state index contributed by atoms with van der Waals surface area (Å²) in [7, 11) is 1.40. The van der Waals surface area contributed by atoms with E-state index in [0.717, 1.165) is 5.56 Å². The van der Waals surface area contributed by atoms with Gasteiger partial charge in [-0.2, -0.15) is 0 Å². The van der Waals surface area contributed by atoms with E-state index < -0.39 is 0 Å². The number of hydrogen-bond donors (Lipinski definition) is 1. The number of carbonyl (C=O) groups excluding carboxylic acids is 1. The van der Waals surface area contributed by atoms with Gasteiger partial charge < -0.3 is 9.84 Å². The molecule has 0 radical (unpaired) electrons. The maximum Gasteiger partial charge on any atom is 0.338 e. The first-order valence-electron chi connectivity index (χ1n) is 7.27. The third kappa shape index (κ3) is 3.58. The molecule has 1 aliphatic carbocycles. The highest BCUT2D eigenvalue weighted by Crippen LogP contribution is 2.25. The van der Waals surface area contributed by atoms with Crippen molar-refractivity contribution in [1.29, 1.82) is 0 Å². The molecule has 4 heteroatoms. The molecule has 0 amide bonds. The van der Waals surface area contributed by atoms with E-state index in [1.54, 1.807) is 6.07 Å². The molecule has 0 aliphatic heterocycles. The first-order valence-corrected chi connectivity index (χ1v) is 7.27. The van der Waals surface area contributed by atoms with E-state index in [-0.39, 0.29) is 12.6 Å². The topological polar surface area (TPSA) is 49.8 Å². The summed E-state index contributed by atoms with van der Waals surface area (Å²) in [6, 6.07) is 8.07. The Morgan fingerprint density at radius 1 is 1.35 bits per heavy atom. The van der Waals surface area contributed by atoms with Gasteiger partial charge in [0.15, 0.2) is 0 Å². The van der Waals surface area contributed by atoms with Crippen LogP contribution >= 0.6 is 0 Å². The summed E-state index contributed by atoms with van der Waals surface area (Å²) < 4.78 is 4.84. The van der Waals surface area contributed by atoms with Gasteiger partial charge in [-0.3, -0.25) is 4.90 Å². The Labute approximate surface area is 120 Å². The predicted octanol–water partition coefficient (Wildman–Crippen LogP) is 2.21. The van der Waals surface area contributed by atoms with Crippen LogP contribution in [0.1, 0.15) is 41.6 Å². The molecule has 0 saturated heterocycles. The number of esters is 1. The molecule has 4 nitrogen and oxygen atoms in total. The minimum Gasteiger partial charge on any atom is -0.465 e. The summed E-state index contributed by atoms with van der Waals surface area (Å²) in [6.07, 6.45) is 4.87. The van der Waals surface area contributed by atoms with Crippen LogP contribution in [0, 0.1) is 0 Å². The smallest absolute Gasteiger partial charge is 0.338 e. The average Bonchev–Trinajstić information content (AvgIpc) is 3.00. The molecule has 1 fully saturated rings. The number of rotatable bonds is 6. The molecule has 110 valence electrons. The lowest BCUT2D eigenvalue weighted by molar-refractivity contribution is 0.0597. The Hall–Kier alpha value is -1.39. The summed E-state index contributed by atoms with van der Waals surface area (Å²) in [5, 5.41) is 9.27. The van der Waals surface area contributed by atoms with Crippen molar-refractivity contribution in [3.05, 3.63) is 35.4 Å². The van der Waals surface area contributed by atoms with Gasteiger partial charge in [0.25, 0.3) is 0 Å². The number of carbonyl (C=O) groups is 1. The molecule has 0 spiro atoms. The van der Waals surface area contributed by atoms with E-state index in [4.69, 9.17) is 4.74 Å². The maximum atomic E-state index is 11.8. The Bertz CT molecular complexity index is 441. The van der Waals surface area contributed by atoms with Gasteiger partial charge in [0, 0.05) is 19.1 Å². The largest absolute Gasteiger partial charge is 0.465 e. The molecule has 1 aromatic carbocycles. The van der Waals surface area contributed by atoms with Crippen LogP contribution in [-0.4, -0.2) is 42.3 Å². The normalized spacial score (nSPS) is 15.8. The zero-order chi connectivity index (χ0) is 14.4. The number of aliphatic hydroxyl groups is 1. The number of benzene rings is 1. The fourth-order valence-corrected chi connectivity index (χ4v) is 2.97. The second-order valence-corrected chi connectivity index (χ2v) is 5.28. The van der Waals surface area contributed by atoms with E-state index in [0.29, 0.717) is 24.7 Å². The quantitative estimate of drug-likeness (QED) is 0.810. The van der Waals surface area contributed by atoms with Crippen LogP contribution in [0.25, 0.3) is 0 Å². The van der Waals surface area contributed by atoms with Gasteiger partial charge in [-0.25, -0.2) is 4.79 Å². The SMILES string of the molecule is COC(=O)c1ccccc1CN(CCO)C1CCCC1. The number of hydrogen-bond acceptors (Lipinski definition) is 4. The van der Waals surface area contributed by atoms with Crippen molar-refractivity contribution in [3.8, 4) is 0 Å². The second kappa shape index (κ2) is 7.41. The molecule has 1 aromatic rings. The summed E-state index contributed by atoms with van der Waals surface area (Å²) >= 11 is 0. The van der Waals surface area contributed by atoms with Crippen LogP contribution in [0.15, 0.2) is 24.3 Å². The van der Waals surface area contributed by atoms with Crippen molar-refractivity contribution < 1.29 is 14.6 Å². The molecule has 1 aliphatic rings. The highest BCUT2D eigenvalue weighted by Gasteiger charge is 2.23. The predicted molar refractivity (Wildman–Crippen MR) is 77.5 cm³/mol. The molecule has 20 heavy (non-hydrogen) atoms. The zero-order valence-corrected chi connectivity index (χ0v) is 12.0. The standard InChI is InChI=1S/C16H23NO3/c1-20-16(19)15-9-5-2-6-13(15)12-17(10-11-18)14-7-3-4-8-14/h2,5-6,9,14,18H,3-4,7-8,10-12H2,1H3. The first kappa shape index (κ1) is 15.0. The molecule has 1 saturated carbocycles. The van der Waals surface area contributed by atoms with E-state index >= 15 is 0 Å². The summed E-state index contributed by atoms with van der Waals surface area (Å²) in [5.41, 5.74) is 1.59. The van der Waals surface area contributed by atoms with Crippen LogP contribution in [0.3, 0.4) is 0 Å². The van der Waals surface area contributed by atoms with Crippen molar-refractivity contribution in [2.45, 2.75) is 38.3 Å². The Morgan fingerprint density at radius 2 is 2.05 bits per heavy atom. The third-order valence-corrected chi connectivity index (χ3v) is 4.02. The first-order chi connectivity index (χ1) is 9.76. The lowest BCUT2D eigenvalue weighted by Gasteiger charge is -2.28. The molecule has 1 N–H and O–H groups in total. The van der Waals surface area contributed by atoms with E-state index in [1.165, 1.54) is 32.8 Å². The van der Waals surface area contributed by atoms with Crippen LogP contribution in [0.2, 0.25) is 0 Å². The van der Waals surface area contributed by atoms with E-state index in [1.807, 2.05) is 18.2 Å². The maximum absolute atomic E-state index is 11.8. The minimum absolute atomic E-state index is 0.150. The summed E-state index contributed by atoms with van der Waals surface area (Å²) in [4.78, 5) is 14.1. The van der Waals surface area contributed by atoms with Gasteiger partial charge in [0.05, 0.1) is 19.3 Å². The number of nitrogens with zero attached hydrogens (tertiary/aromatic N) is 1. The van der Waals surface area contributed by atoms with Crippen molar-refractivity contribution in [1.82, 2.24) is 4.90 Å². The zero-order valence-electron chi connectivity index (χ0n) is 12.0. The van der Waals surface area contributed by atoms with Gasteiger partial charge in [0.2, 0.25) is 0 Å². The van der Waals surface area contributed by atoms with Gasteiger partial charge in [-0.1, -0.05) is 31.0 Å². The number of ether oxygens (including phenoxy) is 1. The molecule has 0 bridgehead atoms. The van der Waals surface area contributed by atoms with Crippen LogP contribution in [0.4, 0.5) is 0 Å². The fourth-order valence-electron chi connectivity index (χ4n) is 2.97. The summed E-state index contributed by atoms with van der Waals surface area (Å²) in [5.74, 6) is -0.295. The molecule has 2 rings (SSSR count). The second-order valence-electron chi connectivity index (χ2n) is 5.28. The van der Waals surface area contributed by atoms with Gasteiger partial charge >= 0.3 is 5.97 Å². The average molecular weight is 277 g/mol. The highest BCUT2D eigenvalue weighted by atomic mass is 16.5. The van der Waals surface area contributed by atoms with E-state index in [2.05, 4.69) is 4.90 Å². The lowest BCUT2D eigenvalue weighted by Crippen LogP contribution is -2.35. The van der Waals surface area contributed by atoms with Crippen LogP contribution in [0.5, 0.6) is 0 Å². The van der Waals surface area contributed by atoms with Gasteiger partial charge in [-0.05, 0) is 24.5 Å². The lowest BCUT2D eigenvalue weighted by atomic mass is 10.1. The van der Waals surface area contributed by atoms with Crippen molar-refractivity contribution >= 4 is 5.97 Å². The Balaban J connectivity index is 2.15. The summed E-state index contributed by atoms with van der Waals surface area (Å²) in [6.45, 7) is 1.49.